The zero-order valence-electron chi connectivity index (χ0n) is 9.53. The zero-order valence-corrected chi connectivity index (χ0v) is 9.53. The van der Waals surface area contributed by atoms with Crippen LogP contribution in [-0.4, -0.2) is 37.5 Å². The van der Waals surface area contributed by atoms with Crippen LogP contribution < -0.4 is 16.8 Å². The molecular formula is C9H18N4O3. The first-order valence-corrected chi connectivity index (χ1v) is 4.87. The van der Waals surface area contributed by atoms with Gasteiger partial charge in [-0.05, 0) is 12.8 Å². The average molecular weight is 230 g/mol. The number of nitrogens with one attached hydrogen (secondary N) is 1. The molecule has 0 unspecified atom stereocenters. The van der Waals surface area contributed by atoms with Crippen LogP contribution in [0.3, 0.4) is 0 Å². The summed E-state index contributed by atoms with van der Waals surface area (Å²) in [6, 6.07) is -0.642. The number of amides is 1. The molecule has 16 heavy (non-hydrogen) atoms. The van der Waals surface area contributed by atoms with E-state index in [1.165, 1.54) is 14.0 Å². The van der Waals surface area contributed by atoms with E-state index in [9.17, 15) is 9.59 Å². The molecule has 0 heterocycles. The minimum absolute atomic E-state index is 0.00847. The third-order valence-electron chi connectivity index (χ3n) is 1.81. The van der Waals surface area contributed by atoms with Crippen LogP contribution in [0.1, 0.15) is 19.8 Å². The minimum Gasteiger partial charge on any atom is -0.467 e. The number of rotatable bonds is 6. The number of methoxy groups -OCH3 is 1. The van der Waals surface area contributed by atoms with E-state index in [2.05, 4.69) is 15.0 Å². The van der Waals surface area contributed by atoms with Crippen LogP contribution in [0.2, 0.25) is 0 Å². The fourth-order valence-electron chi connectivity index (χ4n) is 1.14. The maximum absolute atomic E-state index is 11.3. The van der Waals surface area contributed by atoms with Crippen molar-refractivity contribution in [1.29, 1.82) is 0 Å². The van der Waals surface area contributed by atoms with Crippen molar-refractivity contribution >= 4 is 17.8 Å². The summed E-state index contributed by atoms with van der Waals surface area (Å²) in [4.78, 5) is 25.9. The summed E-state index contributed by atoms with van der Waals surface area (Å²) < 4.78 is 4.55. The van der Waals surface area contributed by atoms with Crippen molar-refractivity contribution in [3.05, 3.63) is 0 Å². The highest BCUT2D eigenvalue weighted by atomic mass is 16.5. The maximum Gasteiger partial charge on any atom is 0.328 e. The third-order valence-corrected chi connectivity index (χ3v) is 1.81. The quantitative estimate of drug-likeness (QED) is 0.227. The lowest BCUT2D eigenvalue weighted by Gasteiger charge is -2.14. The fraction of sp³-hybridized carbons (Fsp3) is 0.667. The molecule has 7 heteroatoms. The standard InChI is InChI=1S/C9H18N4O3/c1-6(14)13-7(8(15)16-2)4-3-5-12-9(10)11/h7H,3-5H2,1-2H3,(H,13,14)(H4,10,11,12)/t7-/m1/s1. The SMILES string of the molecule is COC(=O)[C@@H](CCCN=C(N)N)NC(C)=O. The van der Waals surface area contributed by atoms with Crippen molar-refractivity contribution < 1.29 is 14.3 Å². The Kier molecular flexibility index (Phi) is 6.66. The second kappa shape index (κ2) is 7.49. The lowest BCUT2D eigenvalue weighted by Crippen LogP contribution is -2.40. The predicted octanol–water partition coefficient (Wildman–Crippen LogP) is -1.28. The van der Waals surface area contributed by atoms with E-state index in [1.807, 2.05) is 0 Å². The van der Waals surface area contributed by atoms with Gasteiger partial charge < -0.3 is 21.5 Å². The molecule has 0 aliphatic rings. The summed E-state index contributed by atoms with van der Waals surface area (Å²) >= 11 is 0. The largest absolute Gasteiger partial charge is 0.467 e. The van der Waals surface area contributed by atoms with Crippen molar-refractivity contribution in [2.75, 3.05) is 13.7 Å². The Bertz CT molecular complexity index is 274. The monoisotopic (exact) mass is 230 g/mol. The van der Waals surface area contributed by atoms with Gasteiger partial charge in [-0.3, -0.25) is 9.79 Å². The molecule has 0 rings (SSSR count). The van der Waals surface area contributed by atoms with Gasteiger partial charge in [-0.1, -0.05) is 0 Å². The lowest BCUT2D eigenvalue weighted by atomic mass is 10.1. The minimum atomic E-state index is -0.642. The molecule has 0 aromatic rings. The fourth-order valence-corrected chi connectivity index (χ4v) is 1.14. The number of hydrogen-bond donors (Lipinski definition) is 3. The number of carbonyl (C=O) groups is 2. The second-order valence-electron chi connectivity index (χ2n) is 3.23. The van der Waals surface area contributed by atoms with Gasteiger partial charge in [0.15, 0.2) is 5.96 Å². The van der Waals surface area contributed by atoms with Crippen molar-refractivity contribution in [2.45, 2.75) is 25.8 Å². The zero-order chi connectivity index (χ0) is 12.6. The van der Waals surface area contributed by atoms with E-state index in [-0.39, 0.29) is 11.9 Å². The molecule has 1 amide bonds. The Hall–Kier alpha value is -1.79. The topological polar surface area (TPSA) is 120 Å². The molecule has 0 aliphatic heterocycles. The van der Waals surface area contributed by atoms with Gasteiger partial charge in [-0.25, -0.2) is 4.79 Å². The van der Waals surface area contributed by atoms with Gasteiger partial charge in [-0.2, -0.15) is 0 Å². The number of carbonyl (C=O) groups excluding carboxylic acids is 2. The van der Waals surface area contributed by atoms with Gasteiger partial charge in [0, 0.05) is 13.5 Å². The van der Waals surface area contributed by atoms with E-state index < -0.39 is 12.0 Å². The number of nitrogens with two attached hydrogens (primary N) is 2. The van der Waals surface area contributed by atoms with Crippen molar-refractivity contribution in [3.8, 4) is 0 Å². The highest BCUT2D eigenvalue weighted by Gasteiger charge is 2.19. The number of aliphatic imine (C=N–C) groups is 1. The van der Waals surface area contributed by atoms with Crippen LogP contribution in [0.15, 0.2) is 4.99 Å². The van der Waals surface area contributed by atoms with Gasteiger partial charge in [0.05, 0.1) is 7.11 Å². The van der Waals surface area contributed by atoms with E-state index in [0.717, 1.165) is 0 Å². The molecule has 0 saturated heterocycles. The summed E-state index contributed by atoms with van der Waals surface area (Å²) in [5, 5.41) is 2.49. The van der Waals surface area contributed by atoms with Gasteiger partial charge in [0.25, 0.3) is 0 Å². The van der Waals surface area contributed by atoms with E-state index in [0.29, 0.717) is 19.4 Å². The first-order valence-electron chi connectivity index (χ1n) is 4.87. The molecule has 7 nitrogen and oxygen atoms in total. The number of esters is 1. The van der Waals surface area contributed by atoms with Gasteiger partial charge in [0.2, 0.25) is 5.91 Å². The van der Waals surface area contributed by atoms with E-state index in [4.69, 9.17) is 11.5 Å². The molecule has 0 spiro atoms. The molecule has 0 radical (unpaired) electrons. The van der Waals surface area contributed by atoms with Crippen LogP contribution in [0.5, 0.6) is 0 Å². The number of hydrogen-bond acceptors (Lipinski definition) is 4. The first-order chi connectivity index (χ1) is 7.47. The molecule has 0 bridgehead atoms. The van der Waals surface area contributed by atoms with Crippen LogP contribution in [0.4, 0.5) is 0 Å². The Morgan fingerprint density at radius 1 is 1.44 bits per heavy atom. The molecule has 0 fully saturated rings. The van der Waals surface area contributed by atoms with Crippen molar-refractivity contribution in [1.82, 2.24) is 5.32 Å². The predicted molar refractivity (Wildman–Crippen MR) is 59.5 cm³/mol. The Balaban J connectivity index is 4.07. The smallest absolute Gasteiger partial charge is 0.328 e. The van der Waals surface area contributed by atoms with Crippen molar-refractivity contribution in [2.24, 2.45) is 16.5 Å². The van der Waals surface area contributed by atoms with Crippen LogP contribution in [-0.2, 0) is 14.3 Å². The maximum atomic E-state index is 11.3. The number of guanidine groups is 1. The summed E-state index contributed by atoms with van der Waals surface area (Å²) in [5.41, 5.74) is 10.3. The summed E-state index contributed by atoms with van der Waals surface area (Å²) in [6.07, 6.45) is 1.01. The van der Waals surface area contributed by atoms with E-state index >= 15 is 0 Å². The first kappa shape index (κ1) is 14.2. The molecule has 0 aliphatic carbocycles. The van der Waals surface area contributed by atoms with Crippen LogP contribution >= 0.6 is 0 Å². The van der Waals surface area contributed by atoms with Crippen LogP contribution in [0.25, 0.3) is 0 Å². The van der Waals surface area contributed by atoms with Gasteiger partial charge in [-0.15, -0.1) is 0 Å². The van der Waals surface area contributed by atoms with Crippen molar-refractivity contribution in [3.63, 3.8) is 0 Å². The lowest BCUT2D eigenvalue weighted by molar-refractivity contribution is -0.145. The Morgan fingerprint density at radius 2 is 2.06 bits per heavy atom. The van der Waals surface area contributed by atoms with Gasteiger partial charge in [0.1, 0.15) is 6.04 Å². The molecule has 0 aromatic heterocycles. The average Bonchev–Trinajstić information content (AvgIpc) is 2.20. The summed E-state index contributed by atoms with van der Waals surface area (Å²) in [7, 11) is 1.27. The Morgan fingerprint density at radius 3 is 2.50 bits per heavy atom. The Labute approximate surface area is 94.2 Å². The third kappa shape index (κ3) is 6.63. The molecule has 5 N–H and O–H groups in total. The van der Waals surface area contributed by atoms with Crippen LogP contribution in [0, 0.1) is 0 Å². The second-order valence-corrected chi connectivity index (χ2v) is 3.23. The number of nitrogens with zero attached hydrogens (tertiary/aromatic N) is 1. The molecule has 92 valence electrons. The summed E-state index contributed by atoms with van der Waals surface area (Å²) in [5.74, 6) is -0.744. The molecule has 0 aromatic carbocycles. The normalized spacial score (nSPS) is 11.4. The summed E-state index contributed by atoms with van der Waals surface area (Å²) in [6.45, 7) is 1.75. The highest BCUT2D eigenvalue weighted by molar-refractivity contribution is 5.83. The van der Waals surface area contributed by atoms with E-state index in [1.54, 1.807) is 0 Å². The molecular weight excluding hydrogens is 212 g/mol. The highest BCUT2D eigenvalue weighted by Crippen LogP contribution is 2.00. The molecule has 1 atom stereocenters. The molecule has 0 saturated carbocycles. The number of ether oxygens (including phenoxy) is 1. The van der Waals surface area contributed by atoms with Gasteiger partial charge >= 0.3 is 5.97 Å².